The molecular weight excluding hydrogens is 241 g/mol. The molecule has 0 aliphatic heterocycles. The van der Waals surface area contributed by atoms with Crippen molar-refractivity contribution in [2.45, 2.75) is 0 Å². The molecular formula is C16H12FNO. The average Bonchev–Trinajstić information content (AvgIpc) is 2.46. The molecule has 2 aromatic rings. The number of nitriles is 1. The standard InChI is InChI=1S/C16H12FNO/c1-19-16-8-2-12(3-9-16)10-14(11-18)13-4-6-15(17)7-5-13/h2-10H,1H3/b14-10-. The van der Waals surface area contributed by atoms with E-state index in [1.54, 1.807) is 25.3 Å². The summed E-state index contributed by atoms with van der Waals surface area (Å²) in [5, 5.41) is 9.17. The van der Waals surface area contributed by atoms with E-state index in [1.807, 2.05) is 24.3 Å². The minimum atomic E-state index is -0.314. The van der Waals surface area contributed by atoms with Gasteiger partial charge in [0.2, 0.25) is 0 Å². The Bertz CT molecular complexity index is 621. The molecule has 0 radical (unpaired) electrons. The van der Waals surface area contributed by atoms with Gasteiger partial charge in [0, 0.05) is 0 Å². The second-order valence-corrected chi connectivity index (χ2v) is 3.95. The SMILES string of the molecule is COc1ccc(/C=C(/C#N)c2ccc(F)cc2)cc1. The van der Waals surface area contributed by atoms with Crippen molar-refractivity contribution in [2.24, 2.45) is 0 Å². The monoisotopic (exact) mass is 253 g/mol. The summed E-state index contributed by atoms with van der Waals surface area (Å²) >= 11 is 0. The molecule has 0 bridgehead atoms. The molecule has 0 amide bonds. The quantitative estimate of drug-likeness (QED) is 0.614. The van der Waals surface area contributed by atoms with E-state index in [-0.39, 0.29) is 5.82 Å². The van der Waals surface area contributed by atoms with Crippen molar-refractivity contribution >= 4 is 11.6 Å². The molecule has 2 nitrogen and oxygen atoms in total. The largest absolute Gasteiger partial charge is 0.497 e. The third-order valence-electron chi connectivity index (χ3n) is 2.70. The van der Waals surface area contributed by atoms with Crippen molar-refractivity contribution in [3.05, 3.63) is 65.5 Å². The van der Waals surface area contributed by atoms with Crippen LogP contribution in [-0.4, -0.2) is 7.11 Å². The Morgan fingerprint density at radius 1 is 1.11 bits per heavy atom. The highest BCUT2D eigenvalue weighted by molar-refractivity contribution is 5.89. The predicted octanol–water partition coefficient (Wildman–Crippen LogP) is 3.90. The highest BCUT2D eigenvalue weighted by Crippen LogP contribution is 2.19. The molecule has 0 fully saturated rings. The maximum atomic E-state index is 12.8. The zero-order valence-electron chi connectivity index (χ0n) is 10.4. The van der Waals surface area contributed by atoms with Gasteiger partial charge >= 0.3 is 0 Å². The van der Waals surface area contributed by atoms with E-state index in [1.165, 1.54) is 12.1 Å². The van der Waals surface area contributed by atoms with Crippen molar-refractivity contribution in [1.29, 1.82) is 5.26 Å². The smallest absolute Gasteiger partial charge is 0.123 e. The fourth-order valence-electron chi connectivity index (χ4n) is 1.68. The van der Waals surface area contributed by atoms with Gasteiger partial charge < -0.3 is 4.74 Å². The van der Waals surface area contributed by atoms with Gasteiger partial charge in [0.15, 0.2) is 0 Å². The van der Waals surface area contributed by atoms with Crippen LogP contribution in [-0.2, 0) is 0 Å². The van der Waals surface area contributed by atoms with Gasteiger partial charge in [-0.2, -0.15) is 5.26 Å². The first-order chi connectivity index (χ1) is 9.22. The van der Waals surface area contributed by atoms with E-state index in [0.717, 1.165) is 11.3 Å². The first-order valence-electron chi connectivity index (χ1n) is 5.75. The van der Waals surface area contributed by atoms with E-state index in [0.29, 0.717) is 11.1 Å². The number of hydrogen-bond acceptors (Lipinski definition) is 2. The highest BCUT2D eigenvalue weighted by Gasteiger charge is 2.01. The van der Waals surface area contributed by atoms with Crippen LogP contribution in [0.15, 0.2) is 48.5 Å². The van der Waals surface area contributed by atoms with E-state index in [2.05, 4.69) is 6.07 Å². The Morgan fingerprint density at radius 3 is 2.26 bits per heavy atom. The van der Waals surface area contributed by atoms with Crippen molar-refractivity contribution in [3.8, 4) is 11.8 Å². The lowest BCUT2D eigenvalue weighted by Gasteiger charge is -2.01. The summed E-state index contributed by atoms with van der Waals surface area (Å²) in [6, 6.07) is 15.4. The number of allylic oxidation sites excluding steroid dienone is 1. The van der Waals surface area contributed by atoms with Crippen LogP contribution in [0.25, 0.3) is 11.6 Å². The molecule has 0 unspecified atom stereocenters. The van der Waals surface area contributed by atoms with Crippen molar-refractivity contribution in [1.82, 2.24) is 0 Å². The Balaban J connectivity index is 2.33. The molecule has 0 aliphatic carbocycles. The van der Waals surface area contributed by atoms with Crippen LogP contribution in [0.4, 0.5) is 4.39 Å². The zero-order chi connectivity index (χ0) is 13.7. The maximum Gasteiger partial charge on any atom is 0.123 e. The zero-order valence-corrected chi connectivity index (χ0v) is 10.4. The Kier molecular flexibility index (Phi) is 3.94. The fraction of sp³-hybridized carbons (Fsp3) is 0.0625. The molecule has 0 aliphatic rings. The van der Waals surface area contributed by atoms with Crippen LogP contribution in [0.5, 0.6) is 5.75 Å². The van der Waals surface area contributed by atoms with Gasteiger partial charge in [0.25, 0.3) is 0 Å². The summed E-state index contributed by atoms with van der Waals surface area (Å²) in [6.07, 6.45) is 1.76. The van der Waals surface area contributed by atoms with Gasteiger partial charge in [0.05, 0.1) is 18.8 Å². The van der Waals surface area contributed by atoms with E-state index in [9.17, 15) is 9.65 Å². The third-order valence-corrected chi connectivity index (χ3v) is 2.70. The minimum Gasteiger partial charge on any atom is -0.497 e. The molecule has 94 valence electrons. The summed E-state index contributed by atoms with van der Waals surface area (Å²) in [5.74, 6) is 0.447. The number of benzene rings is 2. The van der Waals surface area contributed by atoms with Crippen molar-refractivity contribution in [3.63, 3.8) is 0 Å². The van der Waals surface area contributed by atoms with E-state index in [4.69, 9.17) is 4.74 Å². The summed E-state index contributed by atoms with van der Waals surface area (Å²) in [5.41, 5.74) is 2.08. The maximum absolute atomic E-state index is 12.8. The van der Waals surface area contributed by atoms with E-state index >= 15 is 0 Å². The molecule has 0 N–H and O–H groups in total. The Morgan fingerprint density at radius 2 is 1.74 bits per heavy atom. The lowest BCUT2D eigenvalue weighted by molar-refractivity contribution is 0.415. The number of methoxy groups -OCH3 is 1. The summed E-state index contributed by atoms with van der Waals surface area (Å²) in [6.45, 7) is 0. The summed E-state index contributed by atoms with van der Waals surface area (Å²) in [7, 11) is 1.60. The van der Waals surface area contributed by atoms with Crippen molar-refractivity contribution < 1.29 is 9.13 Å². The topological polar surface area (TPSA) is 33.0 Å². The van der Waals surface area contributed by atoms with Gasteiger partial charge in [0.1, 0.15) is 11.6 Å². The number of halogens is 1. The number of ether oxygens (including phenoxy) is 1. The number of nitrogens with zero attached hydrogens (tertiary/aromatic N) is 1. The Hall–Kier alpha value is -2.60. The van der Waals surface area contributed by atoms with Crippen LogP contribution in [0, 0.1) is 17.1 Å². The molecule has 0 saturated heterocycles. The summed E-state index contributed by atoms with van der Waals surface area (Å²) in [4.78, 5) is 0. The molecule has 2 aromatic carbocycles. The number of hydrogen-bond donors (Lipinski definition) is 0. The molecule has 0 atom stereocenters. The Labute approximate surface area is 111 Å². The van der Waals surface area contributed by atoms with Crippen LogP contribution in [0.1, 0.15) is 11.1 Å². The van der Waals surface area contributed by atoms with Crippen molar-refractivity contribution in [2.75, 3.05) is 7.11 Å². The molecule has 0 aromatic heterocycles. The van der Waals surface area contributed by atoms with Gasteiger partial charge in [-0.1, -0.05) is 24.3 Å². The van der Waals surface area contributed by atoms with Crippen LogP contribution < -0.4 is 4.74 Å². The van der Waals surface area contributed by atoms with Gasteiger partial charge in [-0.3, -0.25) is 0 Å². The molecule has 19 heavy (non-hydrogen) atoms. The average molecular weight is 253 g/mol. The van der Waals surface area contributed by atoms with Crippen LogP contribution >= 0.6 is 0 Å². The lowest BCUT2D eigenvalue weighted by Crippen LogP contribution is -1.84. The molecule has 0 spiro atoms. The summed E-state index contributed by atoms with van der Waals surface area (Å²) < 4.78 is 17.9. The highest BCUT2D eigenvalue weighted by atomic mass is 19.1. The fourth-order valence-corrected chi connectivity index (χ4v) is 1.68. The van der Waals surface area contributed by atoms with Gasteiger partial charge in [-0.15, -0.1) is 0 Å². The first kappa shape index (κ1) is 12.8. The second-order valence-electron chi connectivity index (χ2n) is 3.95. The second kappa shape index (κ2) is 5.83. The lowest BCUT2D eigenvalue weighted by atomic mass is 10.0. The van der Waals surface area contributed by atoms with Gasteiger partial charge in [-0.05, 0) is 41.5 Å². The molecule has 0 heterocycles. The van der Waals surface area contributed by atoms with Gasteiger partial charge in [-0.25, -0.2) is 4.39 Å². The predicted molar refractivity (Wildman–Crippen MR) is 72.9 cm³/mol. The third kappa shape index (κ3) is 3.20. The minimum absolute atomic E-state index is 0.314. The first-order valence-corrected chi connectivity index (χ1v) is 5.75. The molecule has 3 heteroatoms. The molecule has 2 rings (SSSR count). The molecule has 0 saturated carbocycles. The van der Waals surface area contributed by atoms with Crippen LogP contribution in [0.2, 0.25) is 0 Å². The van der Waals surface area contributed by atoms with E-state index < -0.39 is 0 Å². The number of rotatable bonds is 3. The van der Waals surface area contributed by atoms with Crippen LogP contribution in [0.3, 0.4) is 0 Å². The normalized spacial score (nSPS) is 10.9.